The molecule has 0 aromatic carbocycles. The van der Waals surface area contributed by atoms with Gasteiger partial charge in [0.1, 0.15) is 0 Å². The van der Waals surface area contributed by atoms with Crippen LogP contribution in [0, 0.1) is 3.57 Å². The van der Waals surface area contributed by atoms with Crippen molar-refractivity contribution in [3.8, 4) is 0 Å². The molecule has 0 atom stereocenters. The van der Waals surface area contributed by atoms with Crippen LogP contribution in [0.3, 0.4) is 0 Å². The van der Waals surface area contributed by atoms with E-state index in [0.29, 0.717) is 18.1 Å². The lowest BCUT2D eigenvalue weighted by Gasteiger charge is -2.34. The van der Waals surface area contributed by atoms with Crippen molar-refractivity contribution in [1.82, 2.24) is 9.97 Å². The van der Waals surface area contributed by atoms with Gasteiger partial charge >= 0.3 is 0 Å². The van der Waals surface area contributed by atoms with Crippen LogP contribution in [-0.2, 0) is 4.74 Å². The number of methoxy groups -OCH3 is 1. The molecule has 0 radical (unpaired) electrons. The van der Waals surface area contributed by atoms with E-state index >= 15 is 0 Å². The van der Waals surface area contributed by atoms with Gasteiger partial charge in [0.2, 0.25) is 5.95 Å². The highest BCUT2D eigenvalue weighted by atomic mass is 127. The van der Waals surface area contributed by atoms with Crippen molar-refractivity contribution in [2.75, 3.05) is 12.4 Å². The Hall–Kier alpha value is -0.430. The van der Waals surface area contributed by atoms with Gasteiger partial charge in [-0.05, 0) is 35.4 Å². The molecular weight excluding hydrogens is 293 g/mol. The number of ether oxygens (including phenoxy) is 1. The molecule has 0 saturated heterocycles. The molecule has 2 rings (SSSR count). The minimum absolute atomic E-state index is 0.413. The summed E-state index contributed by atoms with van der Waals surface area (Å²) >= 11 is 2.19. The number of aromatic nitrogens is 2. The lowest BCUT2D eigenvalue weighted by molar-refractivity contribution is 0.0327. The zero-order valence-electron chi connectivity index (χ0n) is 7.90. The molecule has 1 aliphatic carbocycles. The third-order valence-corrected chi connectivity index (χ3v) is 2.94. The van der Waals surface area contributed by atoms with Gasteiger partial charge in [0, 0.05) is 29.1 Å². The first-order valence-corrected chi connectivity index (χ1v) is 5.62. The number of hydrogen-bond acceptors (Lipinski definition) is 4. The molecule has 1 aromatic rings. The molecule has 0 spiro atoms. The van der Waals surface area contributed by atoms with E-state index in [-0.39, 0.29) is 0 Å². The molecule has 5 heteroatoms. The van der Waals surface area contributed by atoms with E-state index in [1.165, 1.54) is 0 Å². The smallest absolute Gasteiger partial charge is 0.222 e. The number of halogens is 1. The number of hydrogen-bond donors (Lipinski definition) is 1. The Morgan fingerprint density at radius 2 is 2.07 bits per heavy atom. The Morgan fingerprint density at radius 1 is 1.43 bits per heavy atom. The SMILES string of the molecule is COC1CC(Nc2ncc(I)cn2)C1. The summed E-state index contributed by atoms with van der Waals surface area (Å²) in [6.07, 6.45) is 6.12. The van der Waals surface area contributed by atoms with Crippen molar-refractivity contribution < 1.29 is 4.74 Å². The fourth-order valence-electron chi connectivity index (χ4n) is 1.45. The standard InChI is InChI=1S/C9H12IN3O/c1-14-8-2-7(3-8)13-9-11-4-6(10)5-12-9/h4-5,7-8H,2-3H2,1H3,(H,11,12,13). The third-order valence-electron chi connectivity index (χ3n) is 2.38. The van der Waals surface area contributed by atoms with Crippen molar-refractivity contribution in [2.45, 2.75) is 25.0 Å². The summed E-state index contributed by atoms with van der Waals surface area (Å²) in [5, 5.41) is 3.26. The van der Waals surface area contributed by atoms with E-state index in [9.17, 15) is 0 Å². The molecule has 4 nitrogen and oxygen atoms in total. The van der Waals surface area contributed by atoms with Crippen LogP contribution in [-0.4, -0.2) is 29.2 Å². The topological polar surface area (TPSA) is 47.0 Å². The van der Waals surface area contributed by atoms with Crippen LogP contribution < -0.4 is 5.32 Å². The third kappa shape index (κ3) is 2.33. The summed E-state index contributed by atoms with van der Waals surface area (Å²) in [7, 11) is 1.75. The molecule has 14 heavy (non-hydrogen) atoms. The van der Waals surface area contributed by atoms with E-state index in [1.54, 1.807) is 7.11 Å². The number of anilines is 1. The second-order valence-electron chi connectivity index (χ2n) is 3.40. The molecule has 0 bridgehead atoms. The maximum atomic E-state index is 5.19. The molecule has 1 heterocycles. The minimum atomic E-state index is 0.413. The van der Waals surface area contributed by atoms with Gasteiger partial charge in [0.15, 0.2) is 0 Å². The van der Waals surface area contributed by atoms with Crippen LogP contribution in [0.2, 0.25) is 0 Å². The van der Waals surface area contributed by atoms with Crippen LogP contribution >= 0.6 is 22.6 Å². The highest BCUT2D eigenvalue weighted by Gasteiger charge is 2.29. The summed E-state index contributed by atoms with van der Waals surface area (Å²) in [5.41, 5.74) is 0. The summed E-state index contributed by atoms with van der Waals surface area (Å²) < 4.78 is 6.24. The van der Waals surface area contributed by atoms with Crippen molar-refractivity contribution in [3.63, 3.8) is 0 Å². The van der Waals surface area contributed by atoms with Gasteiger partial charge in [-0.25, -0.2) is 9.97 Å². The van der Waals surface area contributed by atoms with Crippen molar-refractivity contribution >= 4 is 28.5 Å². The fraction of sp³-hybridized carbons (Fsp3) is 0.556. The van der Waals surface area contributed by atoms with Gasteiger partial charge < -0.3 is 10.1 Å². The summed E-state index contributed by atoms with van der Waals surface area (Å²) in [6.45, 7) is 0. The maximum Gasteiger partial charge on any atom is 0.222 e. The van der Waals surface area contributed by atoms with Gasteiger partial charge in [-0.1, -0.05) is 0 Å². The highest BCUT2D eigenvalue weighted by molar-refractivity contribution is 14.1. The Labute approximate surface area is 96.6 Å². The summed E-state index contributed by atoms with van der Waals surface area (Å²) in [4.78, 5) is 8.36. The first kappa shape index (κ1) is 10.1. The van der Waals surface area contributed by atoms with Gasteiger partial charge in [-0.3, -0.25) is 0 Å². The first-order chi connectivity index (χ1) is 6.78. The molecule has 1 N–H and O–H groups in total. The number of rotatable bonds is 3. The lowest BCUT2D eigenvalue weighted by atomic mass is 9.89. The van der Waals surface area contributed by atoms with Gasteiger partial charge in [-0.15, -0.1) is 0 Å². The average molecular weight is 305 g/mol. The van der Waals surface area contributed by atoms with E-state index in [4.69, 9.17) is 4.74 Å². The molecule has 76 valence electrons. The van der Waals surface area contributed by atoms with Crippen molar-refractivity contribution in [1.29, 1.82) is 0 Å². The Bertz CT molecular complexity index is 297. The van der Waals surface area contributed by atoms with E-state index < -0.39 is 0 Å². The molecule has 1 fully saturated rings. The molecular formula is C9H12IN3O. The van der Waals surface area contributed by atoms with Crippen LogP contribution in [0.1, 0.15) is 12.8 Å². The zero-order valence-corrected chi connectivity index (χ0v) is 10.1. The Balaban J connectivity index is 1.84. The van der Waals surface area contributed by atoms with Crippen molar-refractivity contribution in [2.24, 2.45) is 0 Å². The highest BCUT2D eigenvalue weighted by Crippen LogP contribution is 2.24. The molecule has 0 aliphatic heterocycles. The van der Waals surface area contributed by atoms with E-state index in [2.05, 4.69) is 37.9 Å². The Kier molecular flexibility index (Phi) is 3.17. The molecule has 1 aliphatic rings. The molecule has 0 amide bonds. The fourth-order valence-corrected chi connectivity index (χ4v) is 1.72. The monoisotopic (exact) mass is 305 g/mol. The van der Waals surface area contributed by atoms with Crippen molar-refractivity contribution in [3.05, 3.63) is 16.0 Å². The average Bonchev–Trinajstić information content (AvgIpc) is 2.13. The van der Waals surface area contributed by atoms with Crippen LogP contribution in [0.5, 0.6) is 0 Å². The predicted molar refractivity (Wildman–Crippen MR) is 62.2 cm³/mol. The largest absolute Gasteiger partial charge is 0.381 e. The number of nitrogens with one attached hydrogen (secondary N) is 1. The lowest BCUT2D eigenvalue weighted by Crippen LogP contribution is -2.40. The molecule has 1 saturated carbocycles. The maximum absolute atomic E-state index is 5.19. The van der Waals surface area contributed by atoms with Crippen LogP contribution in [0.15, 0.2) is 12.4 Å². The Morgan fingerprint density at radius 3 is 2.64 bits per heavy atom. The van der Waals surface area contributed by atoms with Gasteiger partial charge in [0.25, 0.3) is 0 Å². The second-order valence-corrected chi connectivity index (χ2v) is 4.64. The van der Waals surface area contributed by atoms with Gasteiger partial charge in [-0.2, -0.15) is 0 Å². The second kappa shape index (κ2) is 4.39. The quantitative estimate of drug-likeness (QED) is 0.863. The summed E-state index contributed by atoms with van der Waals surface area (Å²) in [6, 6.07) is 0.472. The van der Waals surface area contributed by atoms with Gasteiger partial charge in [0.05, 0.1) is 6.10 Å². The minimum Gasteiger partial charge on any atom is -0.381 e. The van der Waals surface area contributed by atoms with E-state index in [1.807, 2.05) is 12.4 Å². The van der Waals surface area contributed by atoms with E-state index in [0.717, 1.165) is 16.4 Å². The number of nitrogens with zero attached hydrogens (tertiary/aromatic N) is 2. The molecule has 0 unspecified atom stereocenters. The van der Waals surface area contributed by atoms with Crippen LogP contribution in [0.25, 0.3) is 0 Å². The zero-order chi connectivity index (χ0) is 9.97. The van der Waals surface area contributed by atoms with Crippen LogP contribution in [0.4, 0.5) is 5.95 Å². The molecule has 1 aromatic heterocycles. The first-order valence-electron chi connectivity index (χ1n) is 4.55. The normalized spacial score (nSPS) is 25.6. The predicted octanol–water partition coefficient (Wildman–Crippen LogP) is 1.67. The summed E-state index contributed by atoms with van der Waals surface area (Å²) in [5.74, 6) is 0.713.